The fourth-order valence-electron chi connectivity index (χ4n) is 4.09. The van der Waals surface area contributed by atoms with E-state index in [0.29, 0.717) is 11.5 Å². The van der Waals surface area contributed by atoms with E-state index in [-0.39, 0.29) is 33.8 Å². The highest BCUT2D eigenvalue weighted by Crippen LogP contribution is 2.37. The number of methoxy groups -OCH3 is 6. The highest BCUT2D eigenvalue weighted by Gasteiger charge is 2.34. The highest BCUT2D eigenvalue weighted by molar-refractivity contribution is 5.99. The van der Waals surface area contributed by atoms with Gasteiger partial charge in [-0.15, -0.1) is 0 Å². The van der Waals surface area contributed by atoms with Gasteiger partial charge in [0.2, 0.25) is 0 Å². The van der Waals surface area contributed by atoms with Gasteiger partial charge in [0.25, 0.3) is 11.8 Å². The molecule has 0 aliphatic heterocycles. The van der Waals surface area contributed by atoms with Crippen molar-refractivity contribution in [2.45, 2.75) is 12.1 Å². The molecule has 12 nitrogen and oxygen atoms in total. The zero-order valence-electron chi connectivity index (χ0n) is 24.0. The maximum Gasteiger partial charge on any atom is 0.333 e. The average Bonchev–Trinajstić information content (AvgIpc) is 3.04. The van der Waals surface area contributed by atoms with Gasteiger partial charge in [-0.25, -0.2) is 9.59 Å². The molecule has 0 aliphatic rings. The van der Waals surface area contributed by atoms with Gasteiger partial charge in [0.15, 0.2) is 23.6 Å². The standard InChI is InChI=1S/C30H32N2O10/c1-37-19-11-7-17(8-12-19)27(33)31-25(29(35)41-5)21-15-23(39-3)24(40-4)16-22(21)26(30(36)42-6)32-28(34)18-9-13-20(38-2)14-10-18/h7-16,25-26H,1-6H3,(H,31,33)(H,32,34)/t25-,26-/m0/s1. The molecule has 0 spiro atoms. The van der Waals surface area contributed by atoms with E-state index < -0.39 is 35.8 Å². The van der Waals surface area contributed by atoms with Crippen LogP contribution < -0.4 is 29.6 Å². The van der Waals surface area contributed by atoms with E-state index in [2.05, 4.69) is 10.6 Å². The third-order valence-corrected chi connectivity index (χ3v) is 6.34. The normalized spacial score (nSPS) is 11.8. The Morgan fingerprint density at radius 1 is 0.524 bits per heavy atom. The van der Waals surface area contributed by atoms with Crippen molar-refractivity contribution in [1.82, 2.24) is 10.6 Å². The van der Waals surface area contributed by atoms with Gasteiger partial charge >= 0.3 is 11.9 Å². The Morgan fingerprint density at radius 2 is 0.857 bits per heavy atom. The predicted octanol–water partition coefficient (Wildman–Crippen LogP) is 3.01. The molecule has 2 N–H and O–H groups in total. The maximum atomic E-state index is 13.2. The smallest absolute Gasteiger partial charge is 0.333 e. The van der Waals surface area contributed by atoms with Crippen molar-refractivity contribution < 1.29 is 47.6 Å². The van der Waals surface area contributed by atoms with Crippen LogP contribution in [-0.2, 0) is 19.1 Å². The molecule has 0 aromatic heterocycles. The lowest BCUT2D eigenvalue weighted by Crippen LogP contribution is -2.39. The summed E-state index contributed by atoms with van der Waals surface area (Å²) in [4.78, 5) is 52.7. The van der Waals surface area contributed by atoms with Crippen molar-refractivity contribution in [2.24, 2.45) is 0 Å². The van der Waals surface area contributed by atoms with Gasteiger partial charge in [0.05, 0.1) is 42.7 Å². The lowest BCUT2D eigenvalue weighted by molar-refractivity contribution is -0.144. The molecule has 0 unspecified atom stereocenters. The third kappa shape index (κ3) is 7.08. The summed E-state index contributed by atoms with van der Waals surface area (Å²) < 4.78 is 31.1. The van der Waals surface area contributed by atoms with Gasteiger partial charge in [-0.1, -0.05) is 0 Å². The summed E-state index contributed by atoms with van der Waals surface area (Å²) >= 11 is 0. The number of esters is 2. The van der Waals surface area contributed by atoms with E-state index >= 15 is 0 Å². The van der Waals surface area contributed by atoms with Crippen molar-refractivity contribution >= 4 is 23.8 Å². The van der Waals surface area contributed by atoms with Crippen LogP contribution >= 0.6 is 0 Å². The number of hydrogen-bond donors (Lipinski definition) is 2. The van der Waals surface area contributed by atoms with Crippen LogP contribution in [0, 0.1) is 0 Å². The molecule has 0 aliphatic carbocycles. The second kappa shape index (κ2) is 14.4. The summed E-state index contributed by atoms with van der Waals surface area (Å²) in [5.41, 5.74) is 0.631. The fraction of sp³-hybridized carbons (Fsp3) is 0.267. The fourth-order valence-corrected chi connectivity index (χ4v) is 4.09. The van der Waals surface area contributed by atoms with E-state index in [4.69, 9.17) is 28.4 Å². The molecule has 12 heteroatoms. The minimum absolute atomic E-state index is 0.0896. The number of amides is 2. The van der Waals surface area contributed by atoms with Crippen LogP contribution in [0.2, 0.25) is 0 Å². The number of rotatable bonds is 12. The Kier molecular flexibility index (Phi) is 10.7. The monoisotopic (exact) mass is 580 g/mol. The van der Waals surface area contributed by atoms with Crippen LogP contribution in [0.15, 0.2) is 60.7 Å². The van der Waals surface area contributed by atoms with E-state index in [9.17, 15) is 19.2 Å². The molecule has 3 aromatic carbocycles. The Bertz CT molecular complexity index is 1310. The topological polar surface area (TPSA) is 148 Å². The molecule has 0 saturated carbocycles. The van der Waals surface area contributed by atoms with Gasteiger partial charge in [-0.05, 0) is 71.8 Å². The van der Waals surface area contributed by atoms with Gasteiger partial charge < -0.3 is 39.1 Å². The molecule has 3 aromatic rings. The lowest BCUT2D eigenvalue weighted by Gasteiger charge is -2.26. The van der Waals surface area contributed by atoms with Gasteiger partial charge in [-0.2, -0.15) is 0 Å². The van der Waals surface area contributed by atoms with Crippen molar-refractivity contribution in [3.8, 4) is 23.0 Å². The highest BCUT2D eigenvalue weighted by atomic mass is 16.5. The molecule has 0 saturated heterocycles. The van der Waals surface area contributed by atoms with Crippen molar-refractivity contribution in [3.05, 3.63) is 82.9 Å². The summed E-state index contributed by atoms with van der Waals surface area (Å²) in [5.74, 6) is -1.50. The Morgan fingerprint density at radius 3 is 1.12 bits per heavy atom. The first-order chi connectivity index (χ1) is 20.2. The van der Waals surface area contributed by atoms with Crippen LogP contribution in [0.5, 0.6) is 23.0 Å². The molecular weight excluding hydrogens is 548 g/mol. The quantitative estimate of drug-likeness (QED) is 0.306. The van der Waals surface area contributed by atoms with Crippen molar-refractivity contribution in [3.63, 3.8) is 0 Å². The number of carbonyl (C=O) groups is 4. The first-order valence-electron chi connectivity index (χ1n) is 12.5. The van der Waals surface area contributed by atoms with Crippen molar-refractivity contribution in [2.75, 3.05) is 42.7 Å². The molecule has 0 heterocycles. The summed E-state index contributed by atoms with van der Waals surface area (Å²) in [6, 6.07) is 12.4. The van der Waals surface area contributed by atoms with E-state index in [1.54, 1.807) is 24.3 Å². The van der Waals surface area contributed by atoms with Crippen LogP contribution in [0.3, 0.4) is 0 Å². The number of nitrogens with one attached hydrogen (secondary N) is 2. The van der Waals surface area contributed by atoms with Crippen molar-refractivity contribution in [1.29, 1.82) is 0 Å². The summed E-state index contributed by atoms with van der Waals surface area (Å²) in [7, 11) is 8.05. The molecule has 2 atom stereocenters. The zero-order chi connectivity index (χ0) is 30.8. The minimum Gasteiger partial charge on any atom is -0.497 e. The maximum absolute atomic E-state index is 13.2. The molecule has 42 heavy (non-hydrogen) atoms. The molecule has 0 bridgehead atoms. The summed E-state index contributed by atoms with van der Waals surface area (Å²) in [6.45, 7) is 0. The molecule has 0 fully saturated rings. The number of carbonyl (C=O) groups excluding carboxylic acids is 4. The second-order valence-corrected chi connectivity index (χ2v) is 8.65. The summed E-state index contributed by atoms with van der Waals surface area (Å²) in [6.07, 6.45) is 0. The Hall–Kier alpha value is -5.26. The molecule has 2 amide bonds. The van der Waals surface area contributed by atoms with E-state index in [1.807, 2.05) is 0 Å². The minimum atomic E-state index is -1.44. The lowest BCUT2D eigenvalue weighted by atomic mass is 9.93. The predicted molar refractivity (Wildman–Crippen MR) is 150 cm³/mol. The first-order valence-corrected chi connectivity index (χ1v) is 12.5. The van der Waals surface area contributed by atoms with Crippen LogP contribution in [0.4, 0.5) is 0 Å². The zero-order valence-corrected chi connectivity index (χ0v) is 24.0. The Balaban J connectivity index is 2.14. The number of hydrogen-bond acceptors (Lipinski definition) is 10. The number of ether oxygens (including phenoxy) is 6. The van der Waals surface area contributed by atoms with E-state index in [0.717, 1.165) is 14.2 Å². The first kappa shape index (κ1) is 31.3. The Labute approximate surface area is 242 Å². The molecule has 3 rings (SSSR count). The van der Waals surface area contributed by atoms with Gasteiger partial charge in [0.1, 0.15) is 11.5 Å². The SMILES string of the molecule is COC(=O)[C@@H](NC(=O)c1ccc(OC)cc1)c1cc(OC)c(OC)cc1[C@H](NC(=O)c1ccc(OC)cc1)C(=O)OC. The number of benzene rings is 3. The molecule has 0 radical (unpaired) electrons. The second-order valence-electron chi connectivity index (χ2n) is 8.65. The largest absolute Gasteiger partial charge is 0.497 e. The van der Waals surface area contributed by atoms with Crippen LogP contribution in [0.25, 0.3) is 0 Å². The van der Waals surface area contributed by atoms with Gasteiger partial charge in [0, 0.05) is 11.1 Å². The average molecular weight is 581 g/mol. The molecule has 222 valence electrons. The van der Waals surface area contributed by atoms with E-state index in [1.165, 1.54) is 64.8 Å². The van der Waals surface area contributed by atoms with Crippen LogP contribution in [0.1, 0.15) is 43.9 Å². The molecular formula is C30H32N2O10. The third-order valence-electron chi connectivity index (χ3n) is 6.34. The summed E-state index contributed by atoms with van der Waals surface area (Å²) in [5, 5.41) is 5.29. The van der Waals surface area contributed by atoms with Gasteiger partial charge in [-0.3, -0.25) is 9.59 Å². The van der Waals surface area contributed by atoms with Crippen LogP contribution in [-0.4, -0.2) is 66.4 Å².